The molecule has 0 amide bonds. The minimum Gasteiger partial charge on any atom is -0.479 e. The predicted molar refractivity (Wildman–Crippen MR) is 82.6 cm³/mol. The fourth-order valence-electron chi connectivity index (χ4n) is 1.67. The van der Waals surface area contributed by atoms with Gasteiger partial charge in [0.05, 0.1) is 5.69 Å². The Labute approximate surface area is 123 Å². The summed E-state index contributed by atoms with van der Waals surface area (Å²) in [5.41, 5.74) is 3.01. The van der Waals surface area contributed by atoms with Crippen molar-refractivity contribution in [2.24, 2.45) is 4.99 Å². The maximum absolute atomic E-state index is 10.7. The Kier molecular flexibility index (Phi) is 4.72. The molecule has 0 aliphatic rings. The maximum Gasteiger partial charge on any atom is 0.344 e. The summed E-state index contributed by atoms with van der Waals surface area (Å²) in [5, 5.41) is 8.78. The van der Waals surface area contributed by atoms with Crippen LogP contribution in [0.4, 0.5) is 5.69 Å². The molecule has 0 spiro atoms. The van der Waals surface area contributed by atoms with Gasteiger partial charge < -0.3 is 9.84 Å². The fraction of sp³-hybridized carbons (Fsp3) is 0.176. The van der Waals surface area contributed by atoms with Crippen molar-refractivity contribution in [3.05, 3.63) is 59.7 Å². The first-order valence-corrected chi connectivity index (χ1v) is 6.65. The van der Waals surface area contributed by atoms with Crippen LogP contribution < -0.4 is 4.74 Å². The van der Waals surface area contributed by atoms with Gasteiger partial charge in [-0.15, -0.1) is 0 Å². The quantitative estimate of drug-likeness (QED) is 0.853. The van der Waals surface area contributed by atoms with Crippen molar-refractivity contribution < 1.29 is 14.6 Å². The third-order valence-corrected chi connectivity index (χ3v) is 2.94. The molecule has 21 heavy (non-hydrogen) atoms. The summed E-state index contributed by atoms with van der Waals surface area (Å²) in [6.07, 6.45) is 0.895. The summed E-state index contributed by atoms with van der Waals surface area (Å²) in [7, 11) is 0. The number of carboxylic acids is 1. The molecule has 4 heteroatoms. The number of rotatable bonds is 5. The Bertz CT molecular complexity index is 630. The molecule has 108 valence electrons. The van der Waals surface area contributed by atoms with Crippen LogP contribution in [-0.4, -0.2) is 23.4 Å². The lowest BCUT2D eigenvalue weighted by Crippen LogP contribution is -2.22. The van der Waals surface area contributed by atoms with Crippen molar-refractivity contribution >= 4 is 17.9 Å². The third kappa shape index (κ3) is 4.45. The number of hydrogen-bond donors (Lipinski definition) is 1. The average molecular weight is 283 g/mol. The van der Waals surface area contributed by atoms with Crippen LogP contribution >= 0.6 is 0 Å². The molecule has 4 nitrogen and oxygen atoms in total. The zero-order chi connectivity index (χ0) is 15.2. The number of carbonyl (C=O) groups is 1. The van der Waals surface area contributed by atoms with Crippen LogP contribution in [0.1, 0.15) is 18.1 Å². The Hall–Kier alpha value is -2.62. The van der Waals surface area contributed by atoms with Gasteiger partial charge >= 0.3 is 5.97 Å². The Balaban J connectivity index is 2.02. The van der Waals surface area contributed by atoms with Crippen molar-refractivity contribution in [2.75, 3.05) is 0 Å². The first-order valence-electron chi connectivity index (χ1n) is 6.65. The van der Waals surface area contributed by atoms with Gasteiger partial charge in [0.1, 0.15) is 5.75 Å². The second-order valence-electron chi connectivity index (χ2n) is 4.76. The normalized spacial score (nSPS) is 12.3. The molecule has 2 aromatic rings. The van der Waals surface area contributed by atoms with Crippen molar-refractivity contribution in [3.63, 3.8) is 0 Å². The molecule has 0 aromatic heterocycles. The van der Waals surface area contributed by atoms with E-state index in [4.69, 9.17) is 9.84 Å². The number of carboxylic acid groups (broad SMARTS) is 1. The highest BCUT2D eigenvalue weighted by molar-refractivity contribution is 5.82. The molecule has 0 bridgehead atoms. The van der Waals surface area contributed by atoms with E-state index >= 15 is 0 Å². The molecule has 1 atom stereocenters. The molecule has 1 N–H and O–H groups in total. The number of hydrogen-bond acceptors (Lipinski definition) is 3. The molecule has 2 aromatic carbocycles. The minimum absolute atomic E-state index is 0.525. The van der Waals surface area contributed by atoms with Crippen LogP contribution in [0.2, 0.25) is 0 Å². The Morgan fingerprint density at radius 1 is 1.14 bits per heavy atom. The van der Waals surface area contributed by atoms with E-state index in [0.717, 1.165) is 11.3 Å². The Morgan fingerprint density at radius 2 is 1.76 bits per heavy atom. The molecule has 0 unspecified atom stereocenters. The number of aryl methyl sites for hydroxylation is 1. The van der Waals surface area contributed by atoms with E-state index in [1.54, 1.807) is 18.3 Å². The second-order valence-corrected chi connectivity index (χ2v) is 4.76. The summed E-state index contributed by atoms with van der Waals surface area (Å²) in [5.74, 6) is -0.461. The van der Waals surface area contributed by atoms with Crippen LogP contribution in [0.25, 0.3) is 0 Å². The van der Waals surface area contributed by atoms with Gasteiger partial charge in [-0.05, 0) is 55.8 Å². The molecule has 0 saturated heterocycles. The van der Waals surface area contributed by atoms with Crippen molar-refractivity contribution in [2.45, 2.75) is 20.0 Å². The fourth-order valence-corrected chi connectivity index (χ4v) is 1.67. The van der Waals surface area contributed by atoms with Crippen molar-refractivity contribution in [1.82, 2.24) is 0 Å². The highest BCUT2D eigenvalue weighted by Gasteiger charge is 2.11. The number of nitrogens with zero attached hydrogens (tertiary/aromatic N) is 1. The maximum atomic E-state index is 10.7. The van der Waals surface area contributed by atoms with Gasteiger partial charge in [-0.25, -0.2) is 4.79 Å². The average Bonchev–Trinajstić information content (AvgIpc) is 2.48. The van der Waals surface area contributed by atoms with E-state index in [0.29, 0.717) is 5.75 Å². The molecule has 2 rings (SSSR count). The van der Waals surface area contributed by atoms with Gasteiger partial charge in [0, 0.05) is 6.21 Å². The lowest BCUT2D eigenvalue weighted by Gasteiger charge is -2.09. The Morgan fingerprint density at radius 3 is 2.33 bits per heavy atom. The van der Waals surface area contributed by atoms with E-state index in [9.17, 15) is 4.79 Å². The zero-order valence-corrected chi connectivity index (χ0v) is 12.0. The van der Waals surface area contributed by atoms with Crippen LogP contribution in [-0.2, 0) is 4.79 Å². The van der Waals surface area contributed by atoms with Gasteiger partial charge in [0.2, 0.25) is 0 Å². The second kappa shape index (κ2) is 6.70. The van der Waals surface area contributed by atoms with Crippen molar-refractivity contribution in [1.29, 1.82) is 0 Å². The predicted octanol–water partition coefficient (Wildman–Crippen LogP) is 3.60. The molecule has 0 saturated carbocycles. The smallest absolute Gasteiger partial charge is 0.344 e. The largest absolute Gasteiger partial charge is 0.479 e. The van der Waals surface area contributed by atoms with Gasteiger partial charge in [-0.3, -0.25) is 4.99 Å². The molecule has 0 heterocycles. The molecular weight excluding hydrogens is 266 g/mol. The monoisotopic (exact) mass is 283 g/mol. The molecule has 0 radical (unpaired) electrons. The van der Waals surface area contributed by atoms with E-state index < -0.39 is 12.1 Å². The molecule has 0 aliphatic heterocycles. The number of benzene rings is 2. The van der Waals surface area contributed by atoms with E-state index in [2.05, 4.69) is 4.99 Å². The summed E-state index contributed by atoms with van der Waals surface area (Å²) in [6.45, 7) is 3.53. The van der Waals surface area contributed by atoms with Gasteiger partial charge in [-0.2, -0.15) is 0 Å². The molecular formula is C17H17NO3. The summed E-state index contributed by atoms with van der Waals surface area (Å²) < 4.78 is 5.26. The highest BCUT2D eigenvalue weighted by atomic mass is 16.5. The van der Waals surface area contributed by atoms with Crippen LogP contribution in [0.3, 0.4) is 0 Å². The zero-order valence-electron chi connectivity index (χ0n) is 12.0. The van der Waals surface area contributed by atoms with Gasteiger partial charge in [0.15, 0.2) is 6.10 Å². The number of aliphatic imine (C=N–C) groups is 1. The van der Waals surface area contributed by atoms with Crippen LogP contribution in [0, 0.1) is 6.92 Å². The summed E-state index contributed by atoms with van der Waals surface area (Å²) in [6, 6.07) is 15.1. The molecule has 0 fully saturated rings. The van der Waals surface area contributed by atoms with E-state index in [-0.39, 0.29) is 0 Å². The van der Waals surface area contributed by atoms with Crippen LogP contribution in [0.5, 0.6) is 5.75 Å². The summed E-state index contributed by atoms with van der Waals surface area (Å²) in [4.78, 5) is 15.1. The minimum atomic E-state index is -0.986. The lowest BCUT2D eigenvalue weighted by atomic mass is 10.2. The van der Waals surface area contributed by atoms with Gasteiger partial charge in [0.25, 0.3) is 0 Å². The van der Waals surface area contributed by atoms with E-state index in [1.165, 1.54) is 12.5 Å². The number of aliphatic carboxylic acids is 1. The summed E-state index contributed by atoms with van der Waals surface area (Å²) >= 11 is 0. The topological polar surface area (TPSA) is 58.9 Å². The van der Waals surface area contributed by atoms with Gasteiger partial charge in [-0.1, -0.05) is 17.7 Å². The molecule has 0 aliphatic carbocycles. The highest BCUT2D eigenvalue weighted by Crippen LogP contribution is 2.15. The van der Waals surface area contributed by atoms with Crippen molar-refractivity contribution in [3.8, 4) is 5.75 Å². The first-order chi connectivity index (χ1) is 10.0. The van der Waals surface area contributed by atoms with E-state index in [1.807, 2.05) is 43.3 Å². The van der Waals surface area contributed by atoms with Crippen LogP contribution in [0.15, 0.2) is 53.5 Å². The lowest BCUT2D eigenvalue weighted by molar-refractivity contribution is -0.144. The first kappa shape index (κ1) is 14.8. The number of ether oxygens (including phenoxy) is 1. The third-order valence-electron chi connectivity index (χ3n) is 2.94. The SMILES string of the molecule is Cc1ccc(N=Cc2ccc(O[C@H](C)C(=O)O)cc2)cc1. The standard InChI is InChI=1S/C17H17NO3/c1-12-3-7-15(8-4-12)18-11-14-5-9-16(10-6-14)21-13(2)17(19)20/h3-11,13H,1-2H3,(H,19,20)/t13-/m1/s1.